The number of nitrogens with one attached hydrogen (secondary N) is 1. The maximum absolute atomic E-state index is 13.0. The van der Waals surface area contributed by atoms with Gasteiger partial charge in [0.05, 0.1) is 11.3 Å². The van der Waals surface area contributed by atoms with Crippen LogP contribution in [0.2, 0.25) is 0 Å². The van der Waals surface area contributed by atoms with Gasteiger partial charge in [-0.15, -0.1) is 0 Å². The van der Waals surface area contributed by atoms with Gasteiger partial charge in [0.25, 0.3) is 0 Å². The average molecular weight is 283 g/mol. The third-order valence-corrected chi connectivity index (χ3v) is 3.97. The van der Waals surface area contributed by atoms with Crippen LogP contribution in [0.1, 0.15) is 23.5 Å². The van der Waals surface area contributed by atoms with E-state index in [-0.39, 0.29) is 17.5 Å². The molecule has 3 rings (SSSR count). The highest BCUT2D eigenvalue weighted by Crippen LogP contribution is 2.48. The first-order valence-electron chi connectivity index (χ1n) is 6.25. The highest BCUT2D eigenvalue weighted by atomic mass is 19.4. The molecule has 1 aromatic rings. The molecule has 0 aromatic heterocycles. The van der Waals surface area contributed by atoms with E-state index in [4.69, 9.17) is 0 Å². The second kappa shape index (κ2) is 4.26. The standard InChI is InChI=1S/C14H12F3NO2/c15-14(16,17)10-6-2-5-8-7-3-1-4-9(7)12(13(19)20)18-11(8)10/h1-3,5-7,9,12,18H,4H2,(H,19,20)/t7-,9+,12+/m0/s1. The lowest BCUT2D eigenvalue weighted by atomic mass is 9.78. The summed E-state index contributed by atoms with van der Waals surface area (Å²) in [4.78, 5) is 11.3. The van der Waals surface area contributed by atoms with Crippen molar-refractivity contribution in [2.75, 3.05) is 5.32 Å². The molecular formula is C14H12F3NO2. The van der Waals surface area contributed by atoms with Crippen LogP contribution >= 0.6 is 0 Å². The highest BCUT2D eigenvalue weighted by Gasteiger charge is 2.44. The van der Waals surface area contributed by atoms with Crippen molar-refractivity contribution in [3.63, 3.8) is 0 Å². The fraction of sp³-hybridized carbons (Fsp3) is 0.357. The van der Waals surface area contributed by atoms with Crippen LogP contribution in [0, 0.1) is 5.92 Å². The first-order chi connectivity index (χ1) is 9.39. The van der Waals surface area contributed by atoms with E-state index in [2.05, 4.69) is 5.32 Å². The third kappa shape index (κ3) is 1.87. The fourth-order valence-electron chi connectivity index (χ4n) is 3.10. The molecule has 20 heavy (non-hydrogen) atoms. The number of anilines is 1. The summed E-state index contributed by atoms with van der Waals surface area (Å²) < 4.78 is 39.1. The molecule has 2 aliphatic rings. The average Bonchev–Trinajstić information content (AvgIpc) is 2.84. The van der Waals surface area contributed by atoms with Crippen LogP contribution in [0.15, 0.2) is 30.4 Å². The summed E-state index contributed by atoms with van der Waals surface area (Å²) in [6, 6.07) is 2.98. The summed E-state index contributed by atoms with van der Waals surface area (Å²) >= 11 is 0. The van der Waals surface area contributed by atoms with E-state index in [1.54, 1.807) is 12.1 Å². The number of aliphatic carboxylic acids is 1. The van der Waals surface area contributed by atoms with E-state index < -0.39 is 23.8 Å². The summed E-state index contributed by atoms with van der Waals surface area (Å²) in [5, 5.41) is 11.8. The number of hydrogen-bond acceptors (Lipinski definition) is 2. The predicted octanol–water partition coefficient (Wildman–Crippen LogP) is 3.24. The van der Waals surface area contributed by atoms with Gasteiger partial charge < -0.3 is 10.4 Å². The molecule has 0 saturated carbocycles. The predicted molar refractivity (Wildman–Crippen MR) is 66.5 cm³/mol. The lowest BCUT2D eigenvalue weighted by Gasteiger charge is -2.36. The van der Waals surface area contributed by atoms with Gasteiger partial charge in [-0.25, -0.2) is 4.79 Å². The molecule has 3 atom stereocenters. The van der Waals surface area contributed by atoms with Gasteiger partial charge in [0, 0.05) is 11.8 Å². The molecule has 0 bridgehead atoms. The van der Waals surface area contributed by atoms with Crippen molar-refractivity contribution in [1.82, 2.24) is 0 Å². The van der Waals surface area contributed by atoms with E-state index in [1.165, 1.54) is 6.07 Å². The third-order valence-electron chi connectivity index (χ3n) is 3.97. The molecule has 0 amide bonds. The number of halogens is 3. The minimum atomic E-state index is -4.50. The SMILES string of the molecule is O=C(O)[C@@H]1Nc2c(cccc2C(F)(F)F)[C@@H]2C=CC[C@@H]12. The minimum Gasteiger partial charge on any atom is -0.480 e. The molecule has 2 N–H and O–H groups in total. The number of carboxylic acids is 1. The number of carbonyl (C=O) groups is 1. The van der Waals surface area contributed by atoms with Gasteiger partial charge in [-0.1, -0.05) is 24.3 Å². The minimum absolute atomic E-state index is 0.0970. The number of carboxylic acid groups (broad SMARTS) is 1. The molecule has 106 valence electrons. The second-order valence-electron chi connectivity index (χ2n) is 5.08. The molecule has 1 heterocycles. The molecule has 0 radical (unpaired) electrons. The molecule has 1 aliphatic carbocycles. The molecule has 6 heteroatoms. The van der Waals surface area contributed by atoms with Gasteiger partial charge >= 0.3 is 12.1 Å². The summed E-state index contributed by atoms with van der Waals surface area (Å²) in [6.45, 7) is 0. The molecule has 1 aliphatic heterocycles. The normalized spacial score (nSPS) is 27.6. The van der Waals surface area contributed by atoms with Crippen LogP contribution in [0.3, 0.4) is 0 Å². The molecule has 1 aromatic carbocycles. The topological polar surface area (TPSA) is 49.3 Å². The molecular weight excluding hydrogens is 271 g/mol. The van der Waals surface area contributed by atoms with Gasteiger partial charge in [-0.2, -0.15) is 13.2 Å². The highest BCUT2D eigenvalue weighted by molar-refractivity contribution is 5.81. The smallest absolute Gasteiger partial charge is 0.418 e. The summed E-state index contributed by atoms with van der Waals surface area (Å²) in [5.74, 6) is -1.62. The maximum Gasteiger partial charge on any atom is 0.418 e. The summed E-state index contributed by atoms with van der Waals surface area (Å²) in [6.07, 6.45) is -0.302. The van der Waals surface area contributed by atoms with E-state index >= 15 is 0 Å². The molecule has 0 spiro atoms. The Labute approximate surface area is 113 Å². The van der Waals surface area contributed by atoms with Gasteiger partial charge in [0.15, 0.2) is 0 Å². The van der Waals surface area contributed by atoms with Crippen LogP contribution in [0.25, 0.3) is 0 Å². The number of hydrogen-bond donors (Lipinski definition) is 2. The zero-order valence-electron chi connectivity index (χ0n) is 10.3. The monoisotopic (exact) mass is 283 g/mol. The molecule has 0 fully saturated rings. The van der Waals surface area contributed by atoms with Crippen LogP contribution in [0.4, 0.5) is 18.9 Å². The van der Waals surface area contributed by atoms with Crippen LogP contribution in [-0.2, 0) is 11.0 Å². The number of benzene rings is 1. The number of rotatable bonds is 1. The van der Waals surface area contributed by atoms with Crippen LogP contribution in [0.5, 0.6) is 0 Å². The Bertz CT molecular complexity index is 595. The van der Waals surface area contributed by atoms with E-state index in [1.807, 2.05) is 6.08 Å². The van der Waals surface area contributed by atoms with Crippen molar-refractivity contribution >= 4 is 11.7 Å². The van der Waals surface area contributed by atoms with E-state index in [0.717, 1.165) is 6.07 Å². The lowest BCUT2D eigenvalue weighted by Crippen LogP contribution is -2.42. The Balaban J connectivity index is 2.15. The molecule has 0 unspecified atom stereocenters. The fourth-order valence-corrected chi connectivity index (χ4v) is 3.10. The van der Waals surface area contributed by atoms with Gasteiger partial charge in [0.1, 0.15) is 6.04 Å². The Morgan fingerprint density at radius 3 is 2.75 bits per heavy atom. The first-order valence-corrected chi connectivity index (χ1v) is 6.25. The van der Waals surface area contributed by atoms with Crippen LogP contribution in [-0.4, -0.2) is 17.1 Å². The summed E-state index contributed by atoms with van der Waals surface area (Å²) in [7, 11) is 0. The van der Waals surface area contributed by atoms with Crippen molar-refractivity contribution < 1.29 is 23.1 Å². The van der Waals surface area contributed by atoms with Crippen molar-refractivity contribution in [2.24, 2.45) is 5.92 Å². The van der Waals surface area contributed by atoms with Crippen molar-refractivity contribution in [3.8, 4) is 0 Å². The Hall–Kier alpha value is -1.98. The quantitative estimate of drug-likeness (QED) is 0.778. The first kappa shape index (κ1) is 13.0. The number of alkyl halides is 3. The lowest BCUT2D eigenvalue weighted by molar-refractivity contribution is -0.140. The van der Waals surface area contributed by atoms with Gasteiger partial charge in [-0.3, -0.25) is 0 Å². The van der Waals surface area contributed by atoms with Crippen molar-refractivity contribution in [1.29, 1.82) is 0 Å². The Morgan fingerprint density at radius 2 is 2.10 bits per heavy atom. The zero-order chi connectivity index (χ0) is 14.5. The Kier molecular flexibility index (Phi) is 2.77. The van der Waals surface area contributed by atoms with Gasteiger partial charge in [0.2, 0.25) is 0 Å². The largest absolute Gasteiger partial charge is 0.480 e. The number of para-hydroxylation sites is 1. The maximum atomic E-state index is 13.0. The van der Waals surface area contributed by atoms with Crippen molar-refractivity contribution in [2.45, 2.75) is 24.6 Å². The second-order valence-corrected chi connectivity index (χ2v) is 5.08. The number of fused-ring (bicyclic) bond motifs is 3. The Morgan fingerprint density at radius 1 is 1.35 bits per heavy atom. The molecule has 3 nitrogen and oxygen atoms in total. The zero-order valence-corrected chi connectivity index (χ0v) is 10.3. The van der Waals surface area contributed by atoms with Gasteiger partial charge in [-0.05, 0) is 18.1 Å². The molecule has 0 saturated heterocycles. The number of allylic oxidation sites excluding steroid dienone is 2. The van der Waals surface area contributed by atoms with E-state index in [9.17, 15) is 23.1 Å². The van der Waals surface area contributed by atoms with Crippen molar-refractivity contribution in [3.05, 3.63) is 41.5 Å². The van der Waals surface area contributed by atoms with Crippen LogP contribution < -0.4 is 5.32 Å². The summed E-state index contributed by atoms with van der Waals surface area (Å²) in [5.41, 5.74) is -0.378. The van der Waals surface area contributed by atoms with E-state index in [0.29, 0.717) is 12.0 Å².